The van der Waals surface area contributed by atoms with Crippen LogP contribution in [0.5, 0.6) is 0 Å². The summed E-state index contributed by atoms with van der Waals surface area (Å²) in [4.78, 5) is 22.2. The van der Waals surface area contributed by atoms with Crippen molar-refractivity contribution in [2.24, 2.45) is 23.7 Å². The molecule has 0 bridgehead atoms. The average Bonchev–Trinajstić information content (AvgIpc) is 2.68. The fraction of sp³-hybridized carbons (Fsp3) is 0.800. The van der Waals surface area contributed by atoms with Gasteiger partial charge in [-0.15, -0.1) is 0 Å². The number of carboxylic acid groups (broad SMARTS) is 1. The third kappa shape index (κ3) is 1.29. The Balaban J connectivity index is 1.97. The normalized spacial score (nSPS) is 38.9. The van der Waals surface area contributed by atoms with E-state index in [4.69, 9.17) is 9.84 Å². The third-order valence-electron chi connectivity index (χ3n) is 3.38. The first-order chi connectivity index (χ1) is 6.66. The van der Waals surface area contributed by atoms with Gasteiger partial charge in [0.15, 0.2) is 0 Å². The minimum absolute atomic E-state index is 0.0616. The van der Waals surface area contributed by atoms with Crippen LogP contribution in [0.15, 0.2) is 0 Å². The minimum Gasteiger partial charge on any atom is -0.481 e. The van der Waals surface area contributed by atoms with Crippen molar-refractivity contribution in [1.82, 2.24) is 0 Å². The second-order valence-corrected chi connectivity index (χ2v) is 4.04. The molecule has 4 atom stereocenters. The Hall–Kier alpha value is -1.06. The van der Waals surface area contributed by atoms with Crippen LogP contribution in [-0.4, -0.2) is 23.7 Å². The molecule has 0 aliphatic heterocycles. The Morgan fingerprint density at radius 1 is 1.43 bits per heavy atom. The zero-order valence-electron chi connectivity index (χ0n) is 8.10. The van der Waals surface area contributed by atoms with Crippen molar-refractivity contribution < 1.29 is 19.4 Å². The summed E-state index contributed by atoms with van der Waals surface area (Å²) >= 11 is 0. The maximum absolute atomic E-state index is 11.4. The second kappa shape index (κ2) is 3.26. The van der Waals surface area contributed by atoms with E-state index in [0.29, 0.717) is 6.61 Å². The Morgan fingerprint density at radius 2 is 2.14 bits per heavy atom. The van der Waals surface area contributed by atoms with Crippen LogP contribution in [0.3, 0.4) is 0 Å². The molecule has 0 aromatic heterocycles. The fourth-order valence-corrected chi connectivity index (χ4v) is 2.76. The Morgan fingerprint density at radius 3 is 2.64 bits per heavy atom. The van der Waals surface area contributed by atoms with Gasteiger partial charge in [-0.25, -0.2) is 0 Å². The van der Waals surface area contributed by atoms with Crippen LogP contribution in [-0.2, 0) is 14.3 Å². The van der Waals surface area contributed by atoms with Crippen LogP contribution in [0.1, 0.15) is 19.8 Å². The SMILES string of the molecule is CCOC(=O)C1CCC2C(C(=O)O)C12. The Bertz CT molecular complexity index is 273. The summed E-state index contributed by atoms with van der Waals surface area (Å²) in [6.45, 7) is 2.15. The zero-order chi connectivity index (χ0) is 10.3. The number of carboxylic acids is 1. The average molecular weight is 198 g/mol. The smallest absolute Gasteiger partial charge is 0.309 e. The molecule has 14 heavy (non-hydrogen) atoms. The number of carbonyl (C=O) groups is 2. The number of hydrogen-bond acceptors (Lipinski definition) is 3. The van der Waals surface area contributed by atoms with E-state index in [9.17, 15) is 9.59 Å². The molecular weight excluding hydrogens is 184 g/mol. The molecule has 4 unspecified atom stereocenters. The summed E-state index contributed by atoms with van der Waals surface area (Å²) in [6, 6.07) is 0. The molecule has 78 valence electrons. The van der Waals surface area contributed by atoms with Gasteiger partial charge in [0.2, 0.25) is 0 Å². The number of esters is 1. The summed E-state index contributed by atoms with van der Waals surface area (Å²) in [5.74, 6) is -1.09. The summed E-state index contributed by atoms with van der Waals surface area (Å²) in [6.07, 6.45) is 1.67. The molecule has 0 aromatic rings. The highest BCUT2D eigenvalue weighted by molar-refractivity contribution is 5.80. The quantitative estimate of drug-likeness (QED) is 0.684. The van der Waals surface area contributed by atoms with Crippen LogP contribution in [0, 0.1) is 23.7 Å². The van der Waals surface area contributed by atoms with Gasteiger partial charge in [-0.1, -0.05) is 0 Å². The first-order valence-electron chi connectivity index (χ1n) is 5.06. The maximum Gasteiger partial charge on any atom is 0.309 e. The van der Waals surface area contributed by atoms with Gasteiger partial charge in [-0.05, 0) is 31.6 Å². The molecule has 2 saturated carbocycles. The lowest BCUT2D eigenvalue weighted by atomic mass is 10.0. The van der Waals surface area contributed by atoms with Crippen LogP contribution in [0.4, 0.5) is 0 Å². The van der Waals surface area contributed by atoms with Gasteiger partial charge in [0.05, 0.1) is 18.4 Å². The molecule has 2 aliphatic rings. The van der Waals surface area contributed by atoms with Gasteiger partial charge in [-0.3, -0.25) is 9.59 Å². The minimum atomic E-state index is -0.756. The lowest BCUT2D eigenvalue weighted by Gasteiger charge is -2.11. The lowest BCUT2D eigenvalue weighted by molar-refractivity contribution is -0.149. The molecule has 2 rings (SSSR count). The summed E-state index contributed by atoms with van der Waals surface area (Å²) < 4.78 is 4.92. The molecular formula is C10H14O4. The highest BCUT2D eigenvalue weighted by Crippen LogP contribution is 2.60. The molecule has 2 fully saturated rings. The summed E-state index contributed by atoms with van der Waals surface area (Å²) in [7, 11) is 0. The van der Waals surface area contributed by atoms with E-state index < -0.39 is 5.97 Å². The van der Waals surface area contributed by atoms with E-state index in [0.717, 1.165) is 12.8 Å². The highest BCUT2D eigenvalue weighted by Gasteiger charge is 2.63. The molecule has 0 amide bonds. The maximum atomic E-state index is 11.4. The van der Waals surface area contributed by atoms with Gasteiger partial charge >= 0.3 is 11.9 Å². The number of rotatable bonds is 3. The van der Waals surface area contributed by atoms with E-state index in [1.807, 2.05) is 0 Å². The van der Waals surface area contributed by atoms with Crippen molar-refractivity contribution in [3.8, 4) is 0 Å². The van der Waals surface area contributed by atoms with Crippen LogP contribution in [0.2, 0.25) is 0 Å². The highest BCUT2D eigenvalue weighted by atomic mass is 16.5. The van der Waals surface area contributed by atoms with E-state index in [-0.39, 0.29) is 29.6 Å². The predicted molar refractivity (Wildman–Crippen MR) is 47.5 cm³/mol. The fourth-order valence-electron chi connectivity index (χ4n) is 2.76. The molecule has 4 nitrogen and oxygen atoms in total. The monoisotopic (exact) mass is 198 g/mol. The van der Waals surface area contributed by atoms with Crippen LogP contribution >= 0.6 is 0 Å². The molecule has 2 aliphatic carbocycles. The van der Waals surface area contributed by atoms with Crippen molar-refractivity contribution >= 4 is 11.9 Å². The van der Waals surface area contributed by atoms with Crippen molar-refractivity contribution in [2.75, 3.05) is 6.61 Å². The molecule has 0 spiro atoms. The summed E-state index contributed by atoms with van der Waals surface area (Å²) in [5.41, 5.74) is 0. The van der Waals surface area contributed by atoms with Crippen molar-refractivity contribution in [3.63, 3.8) is 0 Å². The first kappa shape index (κ1) is 9.49. The van der Waals surface area contributed by atoms with Gasteiger partial charge in [-0.2, -0.15) is 0 Å². The third-order valence-corrected chi connectivity index (χ3v) is 3.38. The standard InChI is InChI=1S/C10H14O4/c1-2-14-10(13)6-4-3-5-7(6)8(5)9(11)12/h5-8H,2-4H2,1H3,(H,11,12). The molecule has 0 saturated heterocycles. The van der Waals surface area contributed by atoms with E-state index >= 15 is 0 Å². The Labute approximate surface area is 82.2 Å². The molecule has 0 heterocycles. The van der Waals surface area contributed by atoms with Crippen molar-refractivity contribution in [1.29, 1.82) is 0 Å². The summed E-state index contributed by atoms with van der Waals surface area (Å²) in [5, 5.41) is 8.84. The molecule has 1 N–H and O–H groups in total. The molecule has 0 aromatic carbocycles. The topological polar surface area (TPSA) is 63.6 Å². The van der Waals surface area contributed by atoms with Crippen LogP contribution < -0.4 is 0 Å². The predicted octanol–water partition coefficient (Wildman–Crippen LogP) is 0.906. The molecule has 4 heteroatoms. The van der Waals surface area contributed by atoms with Crippen molar-refractivity contribution in [3.05, 3.63) is 0 Å². The van der Waals surface area contributed by atoms with Gasteiger partial charge in [0.1, 0.15) is 0 Å². The van der Waals surface area contributed by atoms with Gasteiger partial charge < -0.3 is 9.84 Å². The van der Waals surface area contributed by atoms with Crippen molar-refractivity contribution in [2.45, 2.75) is 19.8 Å². The van der Waals surface area contributed by atoms with Crippen LogP contribution in [0.25, 0.3) is 0 Å². The number of carbonyl (C=O) groups excluding carboxylic acids is 1. The van der Waals surface area contributed by atoms with Gasteiger partial charge in [0, 0.05) is 0 Å². The number of hydrogen-bond donors (Lipinski definition) is 1. The van der Waals surface area contributed by atoms with E-state index in [1.165, 1.54) is 0 Å². The largest absolute Gasteiger partial charge is 0.481 e. The number of ether oxygens (including phenoxy) is 1. The van der Waals surface area contributed by atoms with E-state index in [2.05, 4.69) is 0 Å². The second-order valence-electron chi connectivity index (χ2n) is 4.04. The zero-order valence-corrected chi connectivity index (χ0v) is 8.10. The van der Waals surface area contributed by atoms with Gasteiger partial charge in [0.25, 0.3) is 0 Å². The Kier molecular flexibility index (Phi) is 2.21. The lowest BCUT2D eigenvalue weighted by Crippen LogP contribution is -2.20. The van der Waals surface area contributed by atoms with E-state index in [1.54, 1.807) is 6.92 Å². The number of aliphatic carboxylic acids is 1. The molecule has 0 radical (unpaired) electrons. The number of fused-ring (bicyclic) bond motifs is 1. The first-order valence-corrected chi connectivity index (χ1v) is 5.06.